The minimum Gasteiger partial charge on any atom is -0.476 e. The van der Waals surface area contributed by atoms with Crippen LogP contribution in [-0.2, 0) is 13.6 Å². The molecule has 0 amide bonds. The summed E-state index contributed by atoms with van der Waals surface area (Å²) in [4.78, 5) is 8.58. The number of rotatable bonds is 6. The molecule has 0 radical (unpaired) electrons. The van der Waals surface area contributed by atoms with Gasteiger partial charge in [0.25, 0.3) is 0 Å². The molecule has 6 heteroatoms. The maximum absolute atomic E-state index is 5.81. The van der Waals surface area contributed by atoms with Gasteiger partial charge in [0.2, 0.25) is 5.88 Å². The molecule has 6 nitrogen and oxygen atoms in total. The number of nitrogens with one attached hydrogen (secondary N) is 1. The van der Waals surface area contributed by atoms with Crippen LogP contribution in [0.4, 0.5) is 11.5 Å². The van der Waals surface area contributed by atoms with Crippen LogP contribution in [0.1, 0.15) is 19.2 Å². The van der Waals surface area contributed by atoms with Gasteiger partial charge in [0.15, 0.2) is 0 Å². The average Bonchev–Trinajstić information content (AvgIpc) is 2.82. The molecule has 0 aliphatic heterocycles. The first-order valence-electron chi connectivity index (χ1n) is 6.30. The van der Waals surface area contributed by atoms with Crippen molar-refractivity contribution in [3.63, 3.8) is 0 Å². The third-order valence-corrected chi connectivity index (χ3v) is 2.68. The number of aryl methyl sites for hydroxylation is 1. The molecule has 2 aromatic rings. The lowest BCUT2D eigenvalue weighted by Gasteiger charge is -2.10. The summed E-state index contributed by atoms with van der Waals surface area (Å²) in [5.74, 6) is 2.14. The molecule has 19 heavy (non-hydrogen) atoms. The molecule has 0 spiro atoms. The molecule has 2 aromatic heterocycles. The second kappa shape index (κ2) is 6.08. The Morgan fingerprint density at radius 2 is 2.26 bits per heavy atom. The molecule has 102 valence electrons. The molecule has 0 atom stereocenters. The SMILES string of the molecule is CCCOc1nc(NCc2nccn2C)ccc1N. The number of aromatic nitrogens is 3. The standard InChI is InChI=1S/C13H19N5O/c1-3-8-19-13-10(14)4-5-11(17-13)16-9-12-15-6-7-18(12)2/h4-7H,3,8-9,14H2,1-2H3,(H,16,17). The smallest absolute Gasteiger partial charge is 0.239 e. The molecule has 0 fully saturated rings. The van der Waals surface area contributed by atoms with Gasteiger partial charge in [-0.15, -0.1) is 0 Å². The van der Waals surface area contributed by atoms with Crippen LogP contribution in [0.25, 0.3) is 0 Å². The van der Waals surface area contributed by atoms with E-state index < -0.39 is 0 Å². The summed E-state index contributed by atoms with van der Waals surface area (Å²) in [7, 11) is 1.95. The average molecular weight is 261 g/mol. The molecule has 0 bridgehead atoms. The van der Waals surface area contributed by atoms with Crippen LogP contribution in [0, 0.1) is 0 Å². The quantitative estimate of drug-likeness (QED) is 0.829. The predicted octanol–water partition coefficient (Wildman–Crippen LogP) is 1.80. The second-order valence-corrected chi connectivity index (χ2v) is 4.25. The van der Waals surface area contributed by atoms with E-state index in [0.717, 1.165) is 18.1 Å². The molecule has 2 heterocycles. The lowest BCUT2D eigenvalue weighted by Crippen LogP contribution is -2.08. The molecule has 0 saturated heterocycles. The van der Waals surface area contributed by atoms with Crippen molar-refractivity contribution in [1.29, 1.82) is 0 Å². The Hall–Kier alpha value is -2.24. The number of nitrogens with two attached hydrogens (primary N) is 1. The number of nitrogen functional groups attached to an aromatic ring is 1. The van der Waals surface area contributed by atoms with Crippen LogP contribution >= 0.6 is 0 Å². The minimum atomic E-state index is 0.478. The van der Waals surface area contributed by atoms with Crippen molar-refractivity contribution >= 4 is 11.5 Å². The normalized spacial score (nSPS) is 10.4. The number of nitrogens with zero attached hydrogens (tertiary/aromatic N) is 3. The van der Waals surface area contributed by atoms with E-state index in [4.69, 9.17) is 10.5 Å². The van der Waals surface area contributed by atoms with E-state index in [9.17, 15) is 0 Å². The molecular formula is C13H19N5O. The molecule has 0 aromatic carbocycles. The Labute approximate surface area is 112 Å². The fourth-order valence-electron chi connectivity index (χ4n) is 1.60. The topological polar surface area (TPSA) is 78.0 Å². The fraction of sp³-hybridized carbons (Fsp3) is 0.385. The van der Waals surface area contributed by atoms with Gasteiger partial charge in [0, 0.05) is 19.4 Å². The summed E-state index contributed by atoms with van der Waals surface area (Å²) >= 11 is 0. The molecule has 0 aliphatic rings. The second-order valence-electron chi connectivity index (χ2n) is 4.25. The summed E-state index contributed by atoms with van der Waals surface area (Å²) in [6.07, 6.45) is 4.60. The van der Waals surface area contributed by atoms with Crippen LogP contribution in [-0.4, -0.2) is 21.1 Å². The summed E-state index contributed by atoms with van der Waals surface area (Å²) < 4.78 is 7.45. The van der Waals surface area contributed by atoms with Gasteiger partial charge < -0.3 is 20.4 Å². The number of hydrogen-bond donors (Lipinski definition) is 2. The summed E-state index contributed by atoms with van der Waals surface area (Å²) in [5.41, 5.74) is 6.37. The highest BCUT2D eigenvalue weighted by molar-refractivity contribution is 5.53. The van der Waals surface area contributed by atoms with Crippen molar-refractivity contribution < 1.29 is 4.74 Å². The van der Waals surface area contributed by atoms with E-state index in [-0.39, 0.29) is 0 Å². The number of pyridine rings is 1. The highest BCUT2D eigenvalue weighted by Crippen LogP contribution is 2.21. The number of imidazole rings is 1. The van der Waals surface area contributed by atoms with E-state index in [2.05, 4.69) is 15.3 Å². The number of hydrogen-bond acceptors (Lipinski definition) is 5. The largest absolute Gasteiger partial charge is 0.476 e. The van der Waals surface area contributed by atoms with Gasteiger partial charge in [-0.1, -0.05) is 6.92 Å². The third-order valence-electron chi connectivity index (χ3n) is 2.68. The minimum absolute atomic E-state index is 0.478. The Balaban J connectivity index is 2.02. The van der Waals surface area contributed by atoms with E-state index in [1.54, 1.807) is 12.3 Å². The van der Waals surface area contributed by atoms with Crippen molar-refractivity contribution in [2.75, 3.05) is 17.7 Å². The Morgan fingerprint density at radius 1 is 1.42 bits per heavy atom. The maximum atomic E-state index is 5.81. The lowest BCUT2D eigenvalue weighted by molar-refractivity contribution is 0.307. The molecule has 0 unspecified atom stereocenters. The number of anilines is 2. The maximum Gasteiger partial charge on any atom is 0.239 e. The Bertz CT molecular complexity index is 538. The van der Waals surface area contributed by atoms with Gasteiger partial charge in [0.1, 0.15) is 11.6 Å². The van der Waals surface area contributed by atoms with Crippen LogP contribution in [0.5, 0.6) is 5.88 Å². The third kappa shape index (κ3) is 3.37. The Kier molecular flexibility index (Phi) is 4.22. The van der Waals surface area contributed by atoms with Crippen LogP contribution in [0.3, 0.4) is 0 Å². The van der Waals surface area contributed by atoms with Crippen molar-refractivity contribution in [3.8, 4) is 5.88 Å². The lowest BCUT2D eigenvalue weighted by atomic mass is 10.4. The van der Waals surface area contributed by atoms with Crippen molar-refractivity contribution in [1.82, 2.24) is 14.5 Å². The van der Waals surface area contributed by atoms with E-state index in [0.29, 0.717) is 24.7 Å². The molecule has 2 rings (SSSR count). The highest BCUT2D eigenvalue weighted by Gasteiger charge is 2.05. The molecule has 0 aliphatic carbocycles. The summed E-state index contributed by atoms with van der Waals surface area (Å²) in [5, 5.41) is 3.20. The van der Waals surface area contributed by atoms with Gasteiger partial charge in [-0.25, -0.2) is 4.98 Å². The van der Waals surface area contributed by atoms with Crippen LogP contribution in [0.2, 0.25) is 0 Å². The van der Waals surface area contributed by atoms with Crippen LogP contribution in [0.15, 0.2) is 24.5 Å². The van der Waals surface area contributed by atoms with Gasteiger partial charge in [0.05, 0.1) is 18.8 Å². The molecular weight excluding hydrogens is 242 g/mol. The zero-order chi connectivity index (χ0) is 13.7. The van der Waals surface area contributed by atoms with Crippen LogP contribution < -0.4 is 15.8 Å². The van der Waals surface area contributed by atoms with Gasteiger partial charge >= 0.3 is 0 Å². The first kappa shape index (κ1) is 13.2. The van der Waals surface area contributed by atoms with Gasteiger partial charge in [-0.2, -0.15) is 4.98 Å². The van der Waals surface area contributed by atoms with E-state index in [1.807, 2.05) is 30.8 Å². The van der Waals surface area contributed by atoms with Crippen molar-refractivity contribution in [2.24, 2.45) is 7.05 Å². The zero-order valence-corrected chi connectivity index (χ0v) is 11.3. The highest BCUT2D eigenvalue weighted by atomic mass is 16.5. The molecule has 0 saturated carbocycles. The van der Waals surface area contributed by atoms with Gasteiger partial charge in [-0.3, -0.25) is 0 Å². The number of ether oxygens (including phenoxy) is 1. The first-order chi connectivity index (χ1) is 9.20. The van der Waals surface area contributed by atoms with Crippen molar-refractivity contribution in [2.45, 2.75) is 19.9 Å². The summed E-state index contributed by atoms with van der Waals surface area (Å²) in [6, 6.07) is 3.62. The van der Waals surface area contributed by atoms with Crippen molar-refractivity contribution in [3.05, 3.63) is 30.4 Å². The summed E-state index contributed by atoms with van der Waals surface area (Å²) in [6.45, 7) is 3.26. The van der Waals surface area contributed by atoms with Gasteiger partial charge in [-0.05, 0) is 18.6 Å². The monoisotopic (exact) mass is 261 g/mol. The van der Waals surface area contributed by atoms with E-state index in [1.165, 1.54) is 0 Å². The fourth-order valence-corrected chi connectivity index (χ4v) is 1.60. The Morgan fingerprint density at radius 3 is 2.95 bits per heavy atom. The molecule has 3 N–H and O–H groups in total. The predicted molar refractivity (Wildman–Crippen MR) is 75.0 cm³/mol. The zero-order valence-electron chi connectivity index (χ0n) is 11.3. The first-order valence-corrected chi connectivity index (χ1v) is 6.30. The van der Waals surface area contributed by atoms with E-state index >= 15 is 0 Å².